The lowest BCUT2D eigenvalue weighted by atomic mass is 9.51. The molecule has 1 saturated carbocycles. The molecule has 1 aromatic heterocycles. The molecule has 2 aromatic rings. The van der Waals surface area contributed by atoms with E-state index in [-0.39, 0.29) is 23.4 Å². The van der Waals surface area contributed by atoms with Gasteiger partial charge in [0.15, 0.2) is 17.2 Å². The number of aliphatic hydroxyl groups excluding tert-OH is 2. The van der Waals surface area contributed by atoms with Gasteiger partial charge in [-0.25, -0.2) is 4.39 Å². The average Bonchev–Trinajstić information content (AvgIpc) is 2.99. The number of aromatic nitrogens is 1. The van der Waals surface area contributed by atoms with Gasteiger partial charge in [0.1, 0.15) is 12.2 Å². The van der Waals surface area contributed by atoms with Gasteiger partial charge in [-0.2, -0.15) is 17.6 Å². The summed E-state index contributed by atoms with van der Waals surface area (Å²) in [7, 11) is 1.06. The number of hydrogen-bond donors (Lipinski definition) is 3. The highest BCUT2D eigenvalue weighted by Crippen LogP contribution is 2.71. The second kappa shape index (κ2) is 8.68. The molecule has 4 rings (SSSR count). The van der Waals surface area contributed by atoms with Crippen LogP contribution >= 0.6 is 0 Å². The van der Waals surface area contributed by atoms with Crippen LogP contribution in [-0.2, 0) is 9.53 Å². The van der Waals surface area contributed by atoms with Gasteiger partial charge in [0.2, 0.25) is 5.82 Å². The van der Waals surface area contributed by atoms with E-state index in [1.54, 1.807) is 0 Å². The van der Waals surface area contributed by atoms with Gasteiger partial charge >= 0.3 is 6.18 Å². The third kappa shape index (κ3) is 3.74. The fraction of sp³-hybridized carbons (Fsp3) is 0.478. The van der Waals surface area contributed by atoms with Crippen molar-refractivity contribution in [3.8, 4) is 5.75 Å². The number of nitrogens with zero attached hydrogens (tertiary/aromatic N) is 1. The van der Waals surface area contributed by atoms with Gasteiger partial charge < -0.3 is 25.0 Å². The normalized spacial score (nSPS) is 28.7. The Morgan fingerprint density at radius 3 is 2.51 bits per heavy atom. The summed E-state index contributed by atoms with van der Waals surface area (Å²) in [4.78, 5) is 17.1. The summed E-state index contributed by atoms with van der Waals surface area (Å²) >= 11 is 0. The van der Waals surface area contributed by atoms with Crippen molar-refractivity contribution < 1.29 is 46.4 Å². The molecule has 1 unspecified atom stereocenters. The molecule has 1 aliphatic heterocycles. The lowest BCUT2D eigenvalue weighted by Crippen LogP contribution is -2.63. The molecule has 7 nitrogen and oxygen atoms in total. The highest BCUT2D eigenvalue weighted by molar-refractivity contribution is 5.95. The zero-order valence-electron chi connectivity index (χ0n) is 18.7. The van der Waals surface area contributed by atoms with E-state index in [1.165, 1.54) is 19.1 Å². The first kappa shape index (κ1) is 25.3. The number of rotatable bonds is 6. The number of alkyl halides is 3. The van der Waals surface area contributed by atoms with Crippen LogP contribution in [0, 0.1) is 17.0 Å². The molecule has 1 amide bonds. The molecule has 35 heavy (non-hydrogen) atoms. The van der Waals surface area contributed by atoms with Crippen molar-refractivity contribution in [1.29, 1.82) is 0 Å². The number of fused-ring (bicyclic) bond motifs is 1. The lowest BCUT2D eigenvalue weighted by molar-refractivity contribution is -0.328. The van der Waals surface area contributed by atoms with Crippen LogP contribution in [0.15, 0.2) is 30.5 Å². The van der Waals surface area contributed by atoms with E-state index in [4.69, 9.17) is 14.6 Å². The number of anilines is 1. The molecule has 12 heteroatoms. The summed E-state index contributed by atoms with van der Waals surface area (Å²) in [6.07, 6.45) is -7.00. The molecule has 1 aliphatic carbocycles. The van der Waals surface area contributed by atoms with Gasteiger partial charge in [-0.1, -0.05) is 13.0 Å². The Labute approximate surface area is 196 Å². The lowest BCUT2D eigenvalue weighted by Gasteiger charge is -2.54. The molecule has 1 saturated heterocycles. The van der Waals surface area contributed by atoms with E-state index in [0.29, 0.717) is 0 Å². The van der Waals surface area contributed by atoms with Gasteiger partial charge in [0, 0.05) is 16.9 Å². The number of pyridine rings is 1. The summed E-state index contributed by atoms with van der Waals surface area (Å²) < 4.78 is 81.6. The molecule has 2 fully saturated rings. The number of carbonyl (C=O) groups excluding carboxylic acids is 1. The first-order valence-corrected chi connectivity index (χ1v) is 10.7. The monoisotopic (exact) mass is 502 g/mol. The Hall–Kier alpha value is -2.83. The summed E-state index contributed by atoms with van der Waals surface area (Å²) in [5.41, 5.74) is -4.21. The molecule has 0 bridgehead atoms. The maximum absolute atomic E-state index is 14.5. The van der Waals surface area contributed by atoms with Crippen molar-refractivity contribution in [3.05, 3.63) is 53.4 Å². The number of carbonyl (C=O) groups is 1. The Morgan fingerprint density at radius 1 is 1.29 bits per heavy atom. The highest BCUT2D eigenvalue weighted by Gasteiger charge is 2.80. The van der Waals surface area contributed by atoms with E-state index in [0.717, 1.165) is 25.4 Å². The third-order valence-corrected chi connectivity index (χ3v) is 7.14. The highest BCUT2D eigenvalue weighted by atomic mass is 19.4. The average molecular weight is 502 g/mol. The third-order valence-electron chi connectivity index (χ3n) is 7.14. The van der Waals surface area contributed by atoms with Crippen molar-refractivity contribution in [2.24, 2.45) is 5.41 Å². The minimum atomic E-state index is -4.83. The van der Waals surface area contributed by atoms with Crippen molar-refractivity contribution in [2.75, 3.05) is 19.0 Å². The molecule has 3 N–H and O–H groups in total. The number of halogens is 5. The van der Waals surface area contributed by atoms with E-state index >= 15 is 0 Å². The van der Waals surface area contributed by atoms with Crippen LogP contribution in [0.2, 0.25) is 0 Å². The summed E-state index contributed by atoms with van der Waals surface area (Å²) in [6, 6.07) is 4.54. The quantitative estimate of drug-likeness (QED) is 0.522. The molecule has 5 atom stereocenters. The van der Waals surface area contributed by atoms with Gasteiger partial charge in [-0.3, -0.25) is 9.78 Å². The predicted octanol–water partition coefficient (Wildman–Crippen LogP) is 3.62. The molecule has 0 spiro atoms. The minimum Gasteiger partial charge on any atom is -0.493 e. The predicted molar refractivity (Wildman–Crippen MR) is 112 cm³/mol. The van der Waals surface area contributed by atoms with Crippen molar-refractivity contribution in [1.82, 2.24) is 4.98 Å². The molecule has 2 aliphatic rings. The van der Waals surface area contributed by atoms with Crippen LogP contribution in [-0.4, -0.2) is 52.7 Å². The number of methoxy groups -OCH3 is 1. The summed E-state index contributed by atoms with van der Waals surface area (Å²) in [5.74, 6) is -5.47. The van der Waals surface area contributed by atoms with E-state index in [9.17, 15) is 31.9 Å². The van der Waals surface area contributed by atoms with Gasteiger partial charge in [0.25, 0.3) is 5.91 Å². The van der Waals surface area contributed by atoms with Crippen LogP contribution in [0.3, 0.4) is 0 Å². The van der Waals surface area contributed by atoms with Crippen molar-refractivity contribution in [3.63, 3.8) is 0 Å². The van der Waals surface area contributed by atoms with Crippen LogP contribution in [0.25, 0.3) is 0 Å². The number of ether oxygens (including phenoxy) is 2. The van der Waals surface area contributed by atoms with E-state index in [1.807, 2.05) is 0 Å². The van der Waals surface area contributed by atoms with E-state index < -0.39 is 71.6 Å². The minimum absolute atomic E-state index is 0.0262. The number of hydrogen-bond acceptors (Lipinski definition) is 6. The zero-order chi connectivity index (χ0) is 25.8. The topological polar surface area (TPSA) is 101 Å². The summed E-state index contributed by atoms with van der Waals surface area (Å²) in [5, 5.41) is 21.1. The molecular formula is C23H23F5N2O5. The van der Waals surface area contributed by atoms with Crippen LogP contribution < -0.4 is 10.1 Å². The number of aliphatic hydroxyl groups is 2. The fourth-order valence-corrected chi connectivity index (χ4v) is 5.19. The molecule has 0 radical (unpaired) electrons. The first-order chi connectivity index (χ1) is 16.4. The van der Waals surface area contributed by atoms with Gasteiger partial charge in [-0.05, 0) is 31.0 Å². The fourth-order valence-electron chi connectivity index (χ4n) is 5.19. The molecule has 190 valence electrons. The van der Waals surface area contributed by atoms with Crippen molar-refractivity contribution in [2.45, 2.75) is 49.7 Å². The SMILES string of the molecule is COc1c([C@H]2[C@H](C(=O)Nc3ccc(C(O)CO)nc3)O[C@]3(C(F)(F)F)CC[C@]23C)ccc(F)c1F. The molecule has 2 heterocycles. The largest absolute Gasteiger partial charge is 0.493 e. The second-order valence-corrected chi connectivity index (χ2v) is 8.90. The molecular weight excluding hydrogens is 479 g/mol. The van der Waals surface area contributed by atoms with Gasteiger partial charge in [0.05, 0.1) is 31.3 Å². The zero-order valence-corrected chi connectivity index (χ0v) is 18.7. The smallest absolute Gasteiger partial charge is 0.418 e. The van der Waals surface area contributed by atoms with Crippen LogP contribution in [0.1, 0.15) is 43.0 Å². The maximum Gasteiger partial charge on any atom is 0.418 e. The molecule has 1 aromatic carbocycles. The second-order valence-electron chi connectivity index (χ2n) is 8.90. The van der Waals surface area contributed by atoms with Crippen molar-refractivity contribution >= 4 is 11.6 Å². The Kier molecular flexibility index (Phi) is 6.27. The standard InChI is InChI=1S/C23H23F5N2O5/c1-21-7-8-22(21,23(26,27)28)35-19(16(21)12-4-5-13(24)17(25)18(12)34-2)20(33)30-11-3-6-14(29-9-11)15(32)10-31/h3-6,9,15-16,19,31-32H,7-8,10H2,1-2H3,(H,30,33)/t15?,16-,19+,21+,22+/m0/s1. The number of nitrogens with one attached hydrogen (secondary N) is 1. The van der Waals surface area contributed by atoms with Crippen LogP contribution in [0.5, 0.6) is 5.75 Å². The number of benzene rings is 1. The van der Waals surface area contributed by atoms with Crippen LogP contribution in [0.4, 0.5) is 27.6 Å². The Balaban J connectivity index is 1.75. The Bertz CT molecular complexity index is 1130. The number of amides is 1. The summed E-state index contributed by atoms with van der Waals surface area (Å²) in [6.45, 7) is 0.736. The van der Waals surface area contributed by atoms with E-state index in [2.05, 4.69) is 10.3 Å². The van der Waals surface area contributed by atoms with Gasteiger partial charge in [-0.15, -0.1) is 0 Å². The first-order valence-electron chi connectivity index (χ1n) is 10.7. The Morgan fingerprint density at radius 2 is 2.00 bits per heavy atom. The maximum atomic E-state index is 14.5.